The molecule has 0 unspecified atom stereocenters. The van der Waals surface area contributed by atoms with Crippen molar-refractivity contribution in [2.45, 2.75) is 19.3 Å². The fourth-order valence-electron chi connectivity index (χ4n) is 2.17. The van der Waals surface area contributed by atoms with Gasteiger partial charge in [0.2, 0.25) is 5.91 Å². The molecule has 1 aromatic rings. The van der Waals surface area contributed by atoms with E-state index in [0.29, 0.717) is 6.54 Å². The molecular weight excluding hydrogens is 292 g/mol. The second-order valence-corrected chi connectivity index (χ2v) is 5.86. The van der Waals surface area contributed by atoms with Crippen LogP contribution in [0.2, 0.25) is 0 Å². The van der Waals surface area contributed by atoms with Crippen molar-refractivity contribution in [3.8, 4) is 0 Å². The van der Waals surface area contributed by atoms with Crippen molar-refractivity contribution in [3.05, 3.63) is 34.3 Å². The first-order valence-corrected chi connectivity index (χ1v) is 7.13. The van der Waals surface area contributed by atoms with Crippen molar-refractivity contribution in [3.63, 3.8) is 0 Å². The van der Waals surface area contributed by atoms with Crippen LogP contribution < -0.4 is 10.6 Å². The molecule has 1 aliphatic carbocycles. The first kappa shape index (κ1) is 13.6. The van der Waals surface area contributed by atoms with E-state index in [1.54, 1.807) is 0 Å². The normalized spacial score (nSPS) is 16.3. The van der Waals surface area contributed by atoms with Crippen molar-refractivity contribution in [2.75, 3.05) is 20.1 Å². The van der Waals surface area contributed by atoms with Crippen LogP contribution in [0.4, 0.5) is 0 Å². The van der Waals surface area contributed by atoms with E-state index in [4.69, 9.17) is 0 Å². The highest BCUT2D eigenvalue weighted by atomic mass is 79.9. The largest absolute Gasteiger partial charge is 0.355 e. The summed E-state index contributed by atoms with van der Waals surface area (Å²) in [4.78, 5) is 12.0. The topological polar surface area (TPSA) is 41.1 Å². The Labute approximate surface area is 116 Å². The van der Waals surface area contributed by atoms with Gasteiger partial charge in [-0.05, 0) is 44.0 Å². The molecule has 1 saturated carbocycles. The van der Waals surface area contributed by atoms with Crippen LogP contribution in [0.25, 0.3) is 0 Å². The molecule has 0 aromatic heterocycles. The monoisotopic (exact) mass is 310 g/mol. The summed E-state index contributed by atoms with van der Waals surface area (Å²) in [7, 11) is 1.90. The smallest absolute Gasteiger partial charge is 0.227 e. The quantitative estimate of drug-likeness (QED) is 0.845. The molecule has 0 bridgehead atoms. The predicted molar refractivity (Wildman–Crippen MR) is 76.4 cm³/mol. The van der Waals surface area contributed by atoms with Crippen LogP contribution >= 0.6 is 15.9 Å². The van der Waals surface area contributed by atoms with Crippen LogP contribution in [0.3, 0.4) is 0 Å². The maximum absolute atomic E-state index is 12.0. The number of carbonyl (C=O) groups is 1. The van der Waals surface area contributed by atoms with E-state index < -0.39 is 0 Å². The molecule has 0 saturated heterocycles. The van der Waals surface area contributed by atoms with Crippen LogP contribution in [-0.2, 0) is 11.2 Å². The van der Waals surface area contributed by atoms with E-state index in [9.17, 15) is 4.79 Å². The Hall–Kier alpha value is -0.870. The third-order valence-corrected chi connectivity index (χ3v) is 3.93. The SMILES string of the molecule is CNCC1(C(=O)NCCc2cccc(Br)c2)CC1. The summed E-state index contributed by atoms with van der Waals surface area (Å²) < 4.78 is 1.08. The molecular formula is C14H19BrN2O. The Morgan fingerprint density at radius 2 is 2.22 bits per heavy atom. The molecule has 0 aliphatic heterocycles. The lowest BCUT2D eigenvalue weighted by molar-refractivity contribution is -0.126. The van der Waals surface area contributed by atoms with E-state index in [0.717, 1.165) is 30.3 Å². The van der Waals surface area contributed by atoms with Crippen molar-refractivity contribution < 1.29 is 4.79 Å². The molecule has 1 amide bonds. The van der Waals surface area contributed by atoms with Crippen molar-refractivity contribution in [2.24, 2.45) is 5.41 Å². The van der Waals surface area contributed by atoms with Crippen molar-refractivity contribution >= 4 is 21.8 Å². The van der Waals surface area contributed by atoms with Gasteiger partial charge in [-0.1, -0.05) is 28.1 Å². The molecule has 2 N–H and O–H groups in total. The van der Waals surface area contributed by atoms with Crippen LogP contribution in [-0.4, -0.2) is 26.0 Å². The van der Waals surface area contributed by atoms with E-state index in [1.165, 1.54) is 5.56 Å². The molecule has 18 heavy (non-hydrogen) atoms. The second kappa shape index (κ2) is 5.85. The fraction of sp³-hybridized carbons (Fsp3) is 0.500. The Morgan fingerprint density at radius 3 is 2.83 bits per heavy atom. The van der Waals surface area contributed by atoms with Gasteiger partial charge in [-0.2, -0.15) is 0 Å². The van der Waals surface area contributed by atoms with Gasteiger partial charge in [0.05, 0.1) is 5.41 Å². The molecule has 0 radical (unpaired) electrons. The lowest BCUT2D eigenvalue weighted by Gasteiger charge is -2.14. The summed E-state index contributed by atoms with van der Waals surface area (Å²) >= 11 is 3.45. The number of nitrogens with one attached hydrogen (secondary N) is 2. The van der Waals surface area contributed by atoms with Crippen LogP contribution in [0.1, 0.15) is 18.4 Å². The van der Waals surface area contributed by atoms with Gasteiger partial charge in [0.25, 0.3) is 0 Å². The molecule has 0 atom stereocenters. The van der Waals surface area contributed by atoms with Gasteiger partial charge >= 0.3 is 0 Å². The number of carbonyl (C=O) groups excluding carboxylic acids is 1. The maximum Gasteiger partial charge on any atom is 0.227 e. The molecule has 2 rings (SSSR count). The molecule has 1 fully saturated rings. The molecule has 98 valence electrons. The summed E-state index contributed by atoms with van der Waals surface area (Å²) in [5, 5.41) is 6.14. The van der Waals surface area contributed by atoms with Gasteiger partial charge < -0.3 is 10.6 Å². The van der Waals surface area contributed by atoms with E-state index >= 15 is 0 Å². The Balaban J connectivity index is 1.77. The average Bonchev–Trinajstić information content (AvgIpc) is 3.11. The van der Waals surface area contributed by atoms with Gasteiger partial charge in [-0.15, -0.1) is 0 Å². The third-order valence-electron chi connectivity index (χ3n) is 3.44. The van der Waals surface area contributed by atoms with Gasteiger partial charge in [-0.25, -0.2) is 0 Å². The molecule has 4 heteroatoms. The standard InChI is InChI=1S/C14H19BrN2O/c1-16-10-14(6-7-14)13(18)17-8-5-11-3-2-4-12(15)9-11/h2-4,9,16H,5-8,10H2,1H3,(H,17,18). The average molecular weight is 311 g/mol. The fourth-order valence-corrected chi connectivity index (χ4v) is 2.62. The van der Waals surface area contributed by atoms with Gasteiger partial charge in [-0.3, -0.25) is 4.79 Å². The van der Waals surface area contributed by atoms with Crippen LogP contribution in [0.5, 0.6) is 0 Å². The van der Waals surface area contributed by atoms with Gasteiger partial charge in [0.15, 0.2) is 0 Å². The van der Waals surface area contributed by atoms with Crippen molar-refractivity contribution in [1.29, 1.82) is 0 Å². The number of hydrogen-bond donors (Lipinski definition) is 2. The highest BCUT2D eigenvalue weighted by Gasteiger charge is 2.48. The molecule has 0 spiro atoms. The van der Waals surface area contributed by atoms with Gasteiger partial charge in [0, 0.05) is 17.6 Å². The zero-order valence-corrected chi connectivity index (χ0v) is 12.2. The number of benzene rings is 1. The molecule has 3 nitrogen and oxygen atoms in total. The highest BCUT2D eigenvalue weighted by Crippen LogP contribution is 2.45. The summed E-state index contributed by atoms with van der Waals surface area (Å²) in [5.74, 6) is 0.201. The van der Waals surface area contributed by atoms with E-state index in [1.807, 2.05) is 19.2 Å². The second-order valence-electron chi connectivity index (χ2n) is 4.95. The van der Waals surface area contributed by atoms with Crippen LogP contribution in [0.15, 0.2) is 28.7 Å². The van der Waals surface area contributed by atoms with E-state index in [-0.39, 0.29) is 11.3 Å². The number of hydrogen-bond acceptors (Lipinski definition) is 2. The first-order valence-electron chi connectivity index (χ1n) is 6.34. The lowest BCUT2D eigenvalue weighted by atomic mass is 10.1. The van der Waals surface area contributed by atoms with Crippen LogP contribution in [0, 0.1) is 5.41 Å². The predicted octanol–water partition coefficient (Wildman–Crippen LogP) is 2.11. The van der Waals surface area contributed by atoms with Gasteiger partial charge in [0.1, 0.15) is 0 Å². The number of amides is 1. The van der Waals surface area contributed by atoms with E-state index in [2.05, 4.69) is 38.7 Å². The van der Waals surface area contributed by atoms with Crippen molar-refractivity contribution in [1.82, 2.24) is 10.6 Å². The molecule has 0 heterocycles. The number of rotatable bonds is 6. The zero-order chi connectivity index (χ0) is 13.0. The molecule has 1 aliphatic rings. The Bertz CT molecular complexity index is 430. The minimum atomic E-state index is -0.119. The lowest BCUT2D eigenvalue weighted by Crippen LogP contribution is -2.38. The molecule has 1 aromatic carbocycles. The summed E-state index contributed by atoms with van der Waals surface area (Å²) in [6.07, 6.45) is 2.90. The minimum absolute atomic E-state index is 0.119. The maximum atomic E-state index is 12.0. The zero-order valence-electron chi connectivity index (χ0n) is 10.6. The first-order chi connectivity index (χ1) is 8.66. The Morgan fingerprint density at radius 1 is 1.44 bits per heavy atom. The summed E-state index contributed by atoms with van der Waals surface area (Å²) in [6.45, 7) is 1.50. The summed E-state index contributed by atoms with van der Waals surface area (Å²) in [5.41, 5.74) is 1.12. The summed E-state index contributed by atoms with van der Waals surface area (Å²) in [6, 6.07) is 8.20. The third kappa shape index (κ3) is 3.33. The minimum Gasteiger partial charge on any atom is -0.355 e. The number of halogens is 1. The Kier molecular flexibility index (Phi) is 4.40. The highest BCUT2D eigenvalue weighted by molar-refractivity contribution is 9.10.